The summed E-state index contributed by atoms with van der Waals surface area (Å²) in [4.78, 5) is 2.68. The third-order valence-corrected chi connectivity index (χ3v) is 5.88. The van der Waals surface area contributed by atoms with Crippen LogP contribution < -0.4 is 5.73 Å². The summed E-state index contributed by atoms with van der Waals surface area (Å²) in [5.41, 5.74) is 9.49. The zero-order valence-electron chi connectivity index (χ0n) is 13.8. The van der Waals surface area contributed by atoms with Gasteiger partial charge in [0.1, 0.15) is 0 Å². The number of benzene rings is 1. The SMILES string of the molecule is CC1CC(N2CCC(C(C)C)CC2)C(N)c2ccccc21. The molecule has 1 saturated heterocycles. The Bertz CT molecular complexity index is 474. The number of hydrogen-bond donors (Lipinski definition) is 1. The van der Waals surface area contributed by atoms with Gasteiger partial charge in [0.25, 0.3) is 0 Å². The molecule has 2 aliphatic rings. The molecular formula is C19H30N2. The number of rotatable bonds is 2. The molecule has 1 aliphatic heterocycles. The van der Waals surface area contributed by atoms with Crippen molar-refractivity contribution in [2.24, 2.45) is 17.6 Å². The van der Waals surface area contributed by atoms with E-state index < -0.39 is 0 Å². The number of likely N-dealkylation sites (tertiary alicyclic amines) is 1. The van der Waals surface area contributed by atoms with E-state index in [4.69, 9.17) is 5.73 Å². The minimum atomic E-state index is 0.188. The Hall–Kier alpha value is -0.860. The van der Waals surface area contributed by atoms with Gasteiger partial charge < -0.3 is 5.73 Å². The van der Waals surface area contributed by atoms with Crippen LogP contribution in [-0.2, 0) is 0 Å². The standard InChI is InChI=1S/C19H30N2/c1-13(2)15-8-10-21(11-9-15)18-12-14(3)16-6-4-5-7-17(16)19(18)20/h4-7,13-15,18-19H,8-12,20H2,1-3H3. The van der Waals surface area contributed by atoms with Crippen molar-refractivity contribution in [3.05, 3.63) is 35.4 Å². The van der Waals surface area contributed by atoms with Gasteiger partial charge in [0.05, 0.1) is 0 Å². The van der Waals surface area contributed by atoms with Crippen LogP contribution in [-0.4, -0.2) is 24.0 Å². The first-order valence-electron chi connectivity index (χ1n) is 8.66. The first-order valence-corrected chi connectivity index (χ1v) is 8.66. The Morgan fingerprint density at radius 1 is 1.10 bits per heavy atom. The maximum atomic E-state index is 6.64. The van der Waals surface area contributed by atoms with E-state index in [0.717, 1.165) is 11.8 Å². The van der Waals surface area contributed by atoms with Crippen LogP contribution in [0.25, 0.3) is 0 Å². The lowest BCUT2D eigenvalue weighted by molar-refractivity contribution is 0.0875. The maximum absolute atomic E-state index is 6.64. The van der Waals surface area contributed by atoms with E-state index in [1.807, 2.05) is 0 Å². The second-order valence-corrected chi connectivity index (χ2v) is 7.48. The normalized spacial score (nSPS) is 31.4. The fourth-order valence-electron chi connectivity index (χ4n) is 4.40. The van der Waals surface area contributed by atoms with Gasteiger partial charge in [-0.1, -0.05) is 45.0 Å². The van der Waals surface area contributed by atoms with Gasteiger partial charge in [-0.3, -0.25) is 4.90 Å². The minimum Gasteiger partial charge on any atom is -0.323 e. The number of piperidine rings is 1. The van der Waals surface area contributed by atoms with Crippen LogP contribution in [0, 0.1) is 11.8 Å². The van der Waals surface area contributed by atoms with Crippen molar-refractivity contribution in [3.8, 4) is 0 Å². The van der Waals surface area contributed by atoms with Crippen molar-refractivity contribution in [1.82, 2.24) is 4.90 Å². The van der Waals surface area contributed by atoms with E-state index in [9.17, 15) is 0 Å². The molecule has 1 aliphatic carbocycles. The number of nitrogens with zero attached hydrogens (tertiary/aromatic N) is 1. The Morgan fingerprint density at radius 2 is 1.71 bits per heavy atom. The summed E-state index contributed by atoms with van der Waals surface area (Å²) >= 11 is 0. The van der Waals surface area contributed by atoms with Gasteiger partial charge in [0.2, 0.25) is 0 Å². The molecule has 0 amide bonds. The molecule has 3 atom stereocenters. The van der Waals surface area contributed by atoms with Crippen LogP contribution in [0.5, 0.6) is 0 Å². The van der Waals surface area contributed by atoms with Crippen LogP contribution in [0.1, 0.15) is 63.1 Å². The molecule has 1 aromatic carbocycles. The van der Waals surface area contributed by atoms with Gasteiger partial charge in [0.15, 0.2) is 0 Å². The maximum Gasteiger partial charge on any atom is 0.0456 e. The van der Waals surface area contributed by atoms with Crippen molar-refractivity contribution in [1.29, 1.82) is 0 Å². The fourth-order valence-corrected chi connectivity index (χ4v) is 4.40. The van der Waals surface area contributed by atoms with Gasteiger partial charge in [-0.25, -0.2) is 0 Å². The fraction of sp³-hybridized carbons (Fsp3) is 0.684. The van der Waals surface area contributed by atoms with Crippen molar-refractivity contribution >= 4 is 0 Å². The molecule has 21 heavy (non-hydrogen) atoms. The molecule has 2 nitrogen and oxygen atoms in total. The van der Waals surface area contributed by atoms with Gasteiger partial charge in [-0.15, -0.1) is 0 Å². The summed E-state index contributed by atoms with van der Waals surface area (Å²) in [5.74, 6) is 2.37. The van der Waals surface area contributed by atoms with E-state index in [1.165, 1.54) is 43.5 Å². The van der Waals surface area contributed by atoms with Gasteiger partial charge in [-0.2, -0.15) is 0 Å². The van der Waals surface area contributed by atoms with Crippen molar-refractivity contribution in [2.45, 2.75) is 58.0 Å². The molecule has 1 heterocycles. The van der Waals surface area contributed by atoms with Crippen molar-refractivity contribution in [2.75, 3.05) is 13.1 Å². The zero-order chi connectivity index (χ0) is 15.0. The third kappa shape index (κ3) is 2.89. The highest BCUT2D eigenvalue weighted by molar-refractivity contribution is 5.36. The van der Waals surface area contributed by atoms with Crippen molar-refractivity contribution < 1.29 is 0 Å². The molecule has 0 radical (unpaired) electrons. The molecule has 2 heteroatoms. The van der Waals surface area contributed by atoms with Crippen molar-refractivity contribution in [3.63, 3.8) is 0 Å². The van der Waals surface area contributed by atoms with Gasteiger partial charge >= 0.3 is 0 Å². The molecule has 116 valence electrons. The van der Waals surface area contributed by atoms with Gasteiger partial charge in [0, 0.05) is 12.1 Å². The highest BCUT2D eigenvalue weighted by Crippen LogP contribution is 2.39. The molecule has 0 spiro atoms. The Labute approximate surface area is 129 Å². The summed E-state index contributed by atoms with van der Waals surface area (Å²) < 4.78 is 0. The van der Waals surface area contributed by atoms with Gasteiger partial charge in [-0.05, 0) is 61.2 Å². The lowest BCUT2D eigenvalue weighted by Gasteiger charge is -2.45. The largest absolute Gasteiger partial charge is 0.323 e. The Balaban J connectivity index is 1.73. The summed E-state index contributed by atoms with van der Waals surface area (Å²) in [6.45, 7) is 9.56. The van der Waals surface area contributed by atoms with E-state index in [1.54, 1.807) is 0 Å². The van der Waals surface area contributed by atoms with Crippen LogP contribution in [0.15, 0.2) is 24.3 Å². The van der Waals surface area contributed by atoms with Crippen LogP contribution in [0.4, 0.5) is 0 Å². The predicted molar refractivity (Wildman–Crippen MR) is 89.3 cm³/mol. The quantitative estimate of drug-likeness (QED) is 0.892. The molecule has 3 unspecified atom stereocenters. The first-order chi connectivity index (χ1) is 10.1. The highest BCUT2D eigenvalue weighted by atomic mass is 15.2. The molecule has 0 bridgehead atoms. The van der Waals surface area contributed by atoms with E-state index in [0.29, 0.717) is 12.0 Å². The molecule has 1 aromatic rings. The van der Waals surface area contributed by atoms with Crippen LogP contribution >= 0.6 is 0 Å². The minimum absolute atomic E-state index is 0.188. The monoisotopic (exact) mass is 286 g/mol. The molecule has 0 aromatic heterocycles. The van der Waals surface area contributed by atoms with E-state index in [2.05, 4.69) is 49.9 Å². The number of nitrogens with two attached hydrogens (primary N) is 1. The second kappa shape index (κ2) is 6.10. The summed E-state index contributed by atoms with van der Waals surface area (Å²) in [7, 11) is 0. The topological polar surface area (TPSA) is 29.3 Å². The number of hydrogen-bond acceptors (Lipinski definition) is 2. The average Bonchev–Trinajstić information content (AvgIpc) is 2.51. The molecular weight excluding hydrogens is 256 g/mol. The molecule has 0 saturated carbocycles. The lowest BCUT2D eigenvalue weighted by Crippen LogP contribution is -2.49. The van der Waals surface area contributed by atoms with Crippen LogP contribution in [0.3, 0.4) is 0 Å². The zero-order valence-corrected chi connectivity index (χ0v) is 13.8. The molecule has 2 N–H and O–H groups in total. The second-order valence-electron chi connectivity index (χ2n) is 7.48. The number of fused-ring (bicyclic) bond motifs is 1. The molecule has 3 rings (SSSR count). The van der Waals surface area contributed by atoms with E-state index in [-0.39, 0.29) is 6.04 Å². The van der Waals surface area contributed by atoms with Crippen LogP contribution in [0.2, 0.25) is 0 Å². The summed E-state index contributed by atoms with van der Waals surface area (Å²) in [6.07, 6.45) is 3.90. The summed E-state index contributed by atoms with van der Waals surface area (Å²) in [5, 5.41) is 0. The Morgan fingerprint density at radius 3 is 2.33 bits per heavy atom. The third-order valence-electron chi connectivity index (χ3n) is 5.88. The first kappa shape index (κ1) is 15.1. The molecule has 1 fully saturated rings. The Kier molecular flexibility index (Phi) is 4.37. The predicted octanol–water partition coefficient (Wildman–Crippen LogP) is 3.93. The smallest absolute Gasteiger partial charge is 0.0456 e. The highest BCUT2D eigenvalue weighted by Gasteiger charge is 2.36. The van der Waals surface area contributed by atoms with E-state index >= 15 is 0 Å². The average molecular weight is 286 g/mol. The summed E-state index contributed by atoms with van der Waals surface area (Å²) in [6, 6.07) is 9.51. The lowest BCUT2D eigenvalue weighted by atomic mass is 9.76.